The van der Waals surface area contributed by atoms with Crippen LogP contribution in [0, 0.1) is 6.92 Å². The predicted octanol–water partition coefficient (Wildman–Crippen LogP) is 1.99. The van der Waals surface area contributed by atoms with E-state index in [4.69, 9.17) is 0 Å². The minimum Gasteiger partial charge on any atom is -0.309 e. The van der Waals surface area contributed by atoms with Crippen molar-refractivity contribution in [1.29, 1.82) is 0 Å². The van der Waals surface area contributed by atoms with Gasteiger partial charge in [-0.05, 0) is 30.9 Å². The number of rotatable bonds is 3. The first-order valence-corrected chi connectivity index (χ1v) is 6.51. The summed E-state index contributed by atoms with van der Waals surface area (Å²) in [7, 11) is 1.97. The molecule has 18 heavy (non-hydrogen) atoms. The zero-order valence-corrected chi connectivity index (χ0v) is 11.0. The van der Waals surface area contributed by atoms with Gasteiger partial charge in [0.25, 0.3) is 0 Å². The van der Waals surface area contributed by atoms with E-state index in [9.17, 15) is 0 Å². The number of hydrogen-bond donors (Lipinski definition) is 1. The Labute approximate surface area is 108 Å². The van der Waals surface area contributed by atoms with E-state index in [1.807, 2.05) is 11.7 Å². The summed E-state index contributed by atoms with van der Waals surface area (Å²) >= 11 is 0. The molecule has 0 saturated carbocycles. The van der Waals surface area contributed by atoms with Crippen molar-refractivity contribution in [3.63, 3.8) is 0 Å². The van der Waals surface area contributed by atoms with Crippen LogP contribution in [0.15, 0.2) is 30.5 Å². The lowest BCUT2D eigenvalue weighted by molar-refractivity contribution is 0.532. The lowest BCUT2D eigenvalue weighted by Gasteiger charge is -2.11. The number of aryl methyl sites for hydroxylation is 2. The van der Waals surface area contributed by atoms with Gasteiger partial charge in [-0.1, -0.05) is 24.3 Å². The topological polar surface area (TPSA) is 29.9 Å². The molecule has 0 fully saturated rings. The molecule has 1 heterocycles. The van der Waals surface area contributed by atoms with Crippen molar-refractivity contribution in [2.75, 3.05) is 0 Å². The number of hydrogen-bond acceptors (Lipinski definition) is 2. The normalized spacial score (nSPS) is 15.0. The summed E-state index contributed by atoms with van der Waals surface area (Å²) in [4.78, 5) is 0. The van der Waals surface area contributed by atoms with Gasteiger partial charge < -0.3 is 5.32 Å². The quantitative estimate of drug-likeness (QED) is 0.890. The largest absolute Gasteiger partial charge is 0.309 e. The fourth-order valence-electron chi connectivity index (χ4n) is 2.78. The highest BCUT2D eigenvalue weighted by Crippen LogP contribution is 2.21. The van der Waals surface area contributed by atoms with Gasteiger partial charge in [0.15, 0.2) is 0 Å². The lowest BCUT2D eigenvalue weighted by Crippen LogP contribution is -2.29. The third-order valence-corrected chi connectivity index (χ3v) is 3.75. The number of nitrogens with zero attached hydrogens (tertiary/aromatic N) is 2. The van der Waals surface area contributed by atoms with E-state index in [1.165, 1.54) is 16.7 Å². The second-order valence-corrected chi connectivity index (χ2v) is 5.17. The fraction of sp³-hybridized carbons (Fsp3) is 0.400. The molecule has 3 heteroatoms. The lowest BCUT2D eigenvalue weighted by atomic mass is 10.1. The fourth-order valence-corrected chi connectivity index (χ4v) is 2.78. The van der Waals surface area contributed by atoms with Gasteiger partial charge >= 0.3 is 0 Å². The Morgan fingerprint density at radius 2 is 1.94 bits per heavy atom. The maximum atomic E-state index is 4.37. The zero-order chi connectivity index (χ0) is 12.5. The summed E-state index contributed by atoms with van der Waals surface area (Å²) in [6.07, 6.45) is 4.40. The molecule has 1 aliphatic carbocycles. The van der Waals surface area contributed by atoms with Gasteiger partial charge in [-0.3, -0.25) is 4.68 Å². The molecule has 0 radical (unpaired) electrons. The van der Waals surface area contributed by atoms with Crippen LogP contribution in [0.2, 0.25) is 0 Å². The Morgan fingerprint density at radius 3 is 2.50 bits per heavy atom. The van der Waals surface area contributed by atoms with Gasteiger partial charge in [0.05, 0.1) is 5.69 Å². The van der Waals surface area contributed by atoms with Crippen LogP contribution in [0.5, 0.6) is 0 Å². The SMILES string of the molecule is Cc1nn(C)cc1CNC1Cc2ccccc2C1. The van der Waals surface area contributed by atoms with E-state index in [1.54, 1.807) is 0 Å². The average molecular weight is 241 g/mol. The Hall–Kier alpha value is -1.61. The maximum absolute atomic E-state index is 4.37. The molecule has 0 amide bonds. The van der Waals surface area contributed by atoms with E-state index in [0.29, 0.717) is 6.04 Å². The summed E-state index contributed by atoms with van der Waals surface area (Å²) in [6, 6.07) is 9.32. The van der Waals surface area contributed by atoms with E-state index in [0.717, 1.165) is 25.1 Å². The number of benzene rings is 1. The second-order valence-electron chi connectivity index (χ2n) is 5.17. The van der Waals surface area contributed by atoms with Crippen molar-refractivity contribution in [1.82, 2.24) is 15.1 Å². The molecule has 0 spiro atoms. The molecule has 0 atom stereocenters. The van der Waals surface area contributed by atoms with Crippen LogP contribution in [-0.4, -0.2) is 15.8 Å². The highest BCUT2D eigenvalue weighted by Gasteiger charge is 2.20. The molecule has 0 bridgehead atoms. The molecule has 0 saturated heterocycles. The summed E-state index contributed by atoms with van der Waals surface area (Å²) in [5.41, 5.74) is 5.42. The van der Waals surface area contributed by atoms with Gasteiger partial charge in [-0.25, -0.2) is 0 Å². The smallest absolute Gasteiger partial charge is 0.0638 e. The third-order valence-electron chi connectivity index (χ3n) is 3.75. The van der Waals surface area contributed by atoms with Gasteiger partial charge in [-0.2, -0.15) is 5.10 Å². The summed E-state index contributed by atoms with van der Waals surface area (Å²) in [5.74, 6) is 0. The van der Waals surface area contributed by atoms with Crippen LogP contribution >= 0.6 is 0 Å². The summed E-state index contributed by atoms with van der Waals surface area (Å²) < 4.78 is 1.88. The highest BCUT2D eigenvalue weighted by atomic mass is 15.2. The number of nitrogens with one attached hydrogen (secondary N) is 1. The van der Waals surface area contributed by atoms with Crippen LogP contribution < -0.4 is 5.32 Å². The monoisotopic (exact) mass is 241 g/mol. The Bertz CT molecular complexity index is 532. The third kappa shape index (κ3) is 2.18. The van der Waals surface area contributed by atoms with Crippen LogP contribution in [0.25, 0.3) is 0 Å². The molecule has 2 aromatic rings. The van der Waals surface area contributed by atoms with E-state index in [2.05, 4.69) is 47.8 Å². The van der Waals surface area contributed by atoms with Gasteiger partial charge in [0.2, 0.25) is 0 Å². The van der Waals surface area contributed by atoms with Crippen molar-refractivity contribution in [3.05, 3.63) is 52.8 Å². The number of fused-ring (bicyclic) bond motifs is 1. The van der Waals surface area contributed by atoms with Gasteiger partial charge in [0.1, 0.15) is 0 Å². The molecule has 3 nitrogen and oxygen atoms in total. The first kappa shape index (κ1) is 11.5. The van der Waals surface area contributed by atoms with E-state index >= 15 is 0 Å². The van der Waals surface area contributed by atoms with E-state index in [-0.39, 0.29) is 0 Å². The molecule has 0 unspecified atom stereocenters. The van der Waals surface area contributed by atoms with Crippen LogP contribution in [0.4, 0.5) is 0 Å². The minimum absolute atomic E-state index is 0.571. The first-order valence-electron chi connectivity index (χ1n) is 6.51. The Kier molecular flexibility index (Phi) is 2.92. The molecule has 1 N–H and O–H groups in total. The molecule has 1 aromatic heterocycles. The second kappa shape index (κ2) is 4.58. The molecule has 1 aromatic carbocycles. The van der Waals surface area contributed by atoms with Crippen LogP contribution in [0.1, 0.15) is 22.4 Å². The average Bonchev–Trinajstić information content (AvgIpc) is 2.89. The summed E-state index contributed by atoms with van der Waals surface area (Å²) in [6.45, 7) is 2.98. The van der Waals surface area contributed by atoms with Crippen LogP contribution in [-0.2, 0) is 26.4 Å². The molecular weight excluding hydrogens is 222 g/mol. The highest BCUT2D eigenvalue weighted by molar-refractivity contribution is 5.33. The Morgan fingerprint density at radius 1 is 1.28 bits per heavy atom. The molecule has 1 aliphatic rings. The molecular formula is C15H19N3. The molecule has 0 aliphatic heterocycles. The van der Waals surface area contributed by atoms with Crippen molar-refractivity contribution >= 4 is 0 Å². The zero-order valence-electron chi connectivity index (χ0n) is 11.0. The standard InChI is InChI=1S/C15H19N3/c1-11-14(10-18(2)17-11)9-16-15-7-12-5-3-4-6-13(12)8-15/h3-6,10,15-16H,7-9H2,1-2H3. The van der Waals surface area contributed by atoms with Crippen molar-refractivity contribution in [2.45, 2.75) is 32.4 Å². The minimum atomic E-state index is 0.571. The van der Waals surface area contributed by atoms with E-state index < -0.39 is 0 Å². The summed E-state index contributed by atoms with van der Waals surface area (Å²) in [5, 5.41) is 8.02. The van der Waals surface area contributed by atoms with Crippen molar-refractivity contribution in [3.8, 4) is 0 Å². The van der Waals surface area contributed by atoms with Gasteiger partial charge in [-0.15, -0.1) is 0 Å². The number of aromatic nitrogens is 2. The maximum Gasteiger partial charge on any atom is 0.0638 e. The Balaban J connectivity index is 1.62. The van der Waals surface area contributed by atoms with Gasteiger partial charge in [0, 0.05) is 31.4 Å². The van der Waals surface area contributed by atoms with Crippen molar-refractivity contribution < 1.29 is 0 Å². The van der Waals surface area contributed by atoms with Crippen molar-refractivity contribution in [2.24, 2.45) is 7.05 Å². The van der Waals surface area contributed by atoms with Crippen LogP contribution in [0.3, 0.4) is 0 Å². The molecule has 94 valence electrons. The predicted molar refractivity (Wildman–Crippen MR) is 72.4 cm³/mol. The first-order chi connectivity index (χ1) is 8.72. The molecule has 3 rings (SSSR count).